The molecule has 0 saturated carbocycles. The van der Waals surface area contributed by atoms with Crippen molar-refractivity contribution in [3.05, 3.63) is 51.0 Å². The first-order valence-electron chi connectivity index (χ1n) is 6.88. The van der Waals surface area contributed by atoms with Gasteiger partial charge in [0, 0.05) is 6.08 Å². The molecule has 1 amide bonds. The molecule has 3 rings (SSSR count). The van der Waals surface area contributed by atoms with Crippen LogP contribution in [0.1, 0.15) is 5.76 Å². The van der Waals surface area contributed by atoms with E-state index in [9.17, 15) is 9.59 Å². The second-order valence-corrected chi connectivity index (χ2v) is 7.45. The Morgan fingerprint density at radius 2 is 1.96 bits per heavy atom. The average Bonchev–Trinajstić information content (AvgIpc) is 3.08. The lowest BCUT2D eigenvalue weighted by molar-refractivity contribution is -0.140. The molecule has 1 fully saturated rings. The minimum Gasteiger partial charge on any atom is -0.480 e. The molecule has 2 heterocycles. The molecule has 1 aromatic heterocycles. The fourth-order valence-electron chi connectivity index (χ4n) is 2.20. The monoisotopic (exact) mass is 413 g/mol. The minimum atomic E-state index is -1.13. The summed E-state index contributed by atoms with van der Waals surface area (Å²) in [5.74, 6) is -0.734. The molecule has 25 heavy (non-hydrogen) atoms. The Hall–Kier alpha value is -1.80. The first kappa shape index (κ1) is 18.0. The largest absolute Gasteiger partial charge is 0.480 e. The van der Waals surface area contributed by atoms with Crippen LogP contribution in [0.15, 0.2) is 39.7 Å². The molecule has 0 bridgehead atoms. The Morgan fingerprint density at radius 3 is 2.60 bits per heavy atom. The Balaban J connectivity index is 1.89. The molecule has 9 heteroatoms. The van der Waals surface area contributed by atoms with Crippen LogP contribution in [0, 0.1) is 0 Å². The Labute approximate surface area is 162 Å². The van der Waals surface area contributed by atoms with Gasteiger partial charge in [-0.3, -0.25) is 14.5 Å². The van der Waals surface area contributed by atoms with Crippen molar-refractivity contribution >= 4 is 69.5 Å². The van der Waals surface area contributed by atoms with E-state index in [1.165, 1.54) is 6.08 Å². The van der Waals surface area contributed by atoms with Gasteiger partial charge in [-0.1, -0.05) is 53.2 Å². The highest BCUT2D eigenvalue weighted by molar-refractivity contribution is 8.26. The first-order chi connectivity index (χ1) is 11.9. The van der Waals surface area contributed by atoms with E-state index in [0.29, 0.717) is 27.1 Å². The van der Waals surface area contributed by atoms with E-state index in [0.717, 1.165) is 16.7 Å². The van der Waals surface area contributed by atoms with E-state index in [-0.39, 0.29) is 9.23 Å². The number of benzene rings is 1. The van der Waals surface area contributed by atoms with Gasteiger partial charge in [-0.05, 0) is 24.3 Å². The Kier molecular flexibility index (Phi) is 5.19. The summed E-state index contributed by atoms with van der Waals surface area (Å²) in [5, 5.41) is 9.73. The molecule has 0 radical (unpaired) electrons. The molecule has 1 aromatic carbocycles. The Morgan fingerprint density at radius 1 is 1.28 bits per heavy atom. The summed E-state index contributed by atoms with van der Waals surface area (Å²) in [6.45, 7) is -0.472. The normalized spacial score (nSPS) is 16.1. The van der Waals surface area contributed by atoms with Gasteiger partial charge >= 0.3 is 5.97 Å². The third-order valence-corrected chi connectivity index (χ3v) is 5.28. The van der Waals surface area contributed by atoms with Crippen LogP contribution < -0.4 is 0 Å². The van der Waals surface area contributed by atoms with Crippen LogP contribution in [0.2, 0.25) is 10.0 Å². The van der Waals surface area contributed by atoms with E-state index in [1.807, 2.05) is 0 Å². The van der Waals surface area contributed by atoms with Crippen LogP contribution in [-0.2, 0) is 9.59 Å². The van der Waals surface area contributed by atoms with Crippen LogP contribution in [0.5, 0.6) is 0 Å². The number of aliphatic carboxylic acids is 1. The van der Waals surface area contributed by atoms with E-state index >= 15 is 0 Å². The van der Waals surface area contributed by atoms with Gasteiger partial charge in [0.25, 0.3) is 5.91 Å². The van der Waals surface area contributed by atoms with Gasteiger partial charge < -0.3 is 9.52 Å². The zero-order valence-corrected chi connectivity index (χ0v) is 15.5. The summed E-state index contributed by atoms with van der Waals surface area (Å²) in [6.07, 6.45) is 1.51. The number of carbonyl (C=O) groups is 2. The predicted molar refractivity (Wildman–Crippen MR) is 102 cm³/mol. The number of thioether (sulfide) groups is 1. The summed E-state index contributed by atoms with van der Waals surface area (Å²) in [7, 11) is 0. The summed E-state index contributed by atoms with van der Waals surface area (Å²) in [6, 6.07) is 8.48. The topological polar surface area (TPSA) is 70.8 Å². The zero-order valence-electron chi connectivity index (χ0n) is 12.4. The van der Waals surface area contributed by atoms with Gasteiger partial charge in [0.2, 0.25) is 0 Å². The molecule has 0 atom stereocenters. The molecule has 1 saturated heterocycles. The smallest absolute Gasteiger partial charge is 0.323 e. The van der Waals surface area contributed by atoms with Gasteiger partial charge in [0.1, 0.15) is 22.4 Å². The molecular formula is C16H9Cl2NO4S2. The van der Waals surface area contributed by atoms with Gasteiger partial charge in [-0.2, -0.15) is 0 Å². The fraction of sp³-hybridized carbons (Fsp3) is 0.0625. The van der Waals surface area contributed by atoms with E-state index < -0.39 is 18.4 Å². The van der Waals surface area contributed by atoms with Gasteiger partial charge in [0.05, 0.1) is 20.5 Å². The van der Waals surface area contributed by atoms with E-state index in [1.54, 1.807) is 30.3 Å². The molecule has 128 valence electrons. The lowest BCUT2D eigenvalue weighted by Gasteiger charge is -2.09. The quantitative estimate of drug-likeness (QED) is 0.585. The van der Waals surface area contributed by atoms with Crippen molar-refractivity contribution in [2.24, 2.45) is 0 Å². The SMILES string of the molecule is O=C(O)CN1C(=O)/C(=C/c2ccc(-c3c(Cl)cccc3Cl)o2)SC1=S. The number of rotatable bonds is 4. The standard InChI is InChI=1S/C16H9Cl2NO4S2/c17-9-2-1-3-10(18)14(9)11-5-4-8(23-11)6-12-15(22)19(7-13(20)21)16(24)25-12/h1-6H,7H2,(H,20,21)/b12-6-. The predicted octanol–water partition coefficient (Wildman–Crippen LogP) is 4.54. The number of hydrogen-bond donors (Lipinski definition) is 1. The third-order valence-electron chi connectivity index (χ3n) is 3.28. The number of thiocarbonyl (C=S) groups is 1. The molecule has 5 nitrogen and oxygen atoms in total. The number of carboxylic acids is 1. The highest BCUT2D eigenvalue weighted by Gasteiger charge is 2.33. The fourth-order valence-corrected chi connectivity index (χ4v) is 4.02. The number of carbonyl (C=O) groups excluding carboxylic acids is 1. The molecule has 1 N–H and O–H groups in total. The molecule has 1 aliphatic rings. The van der Waals surface area contributed by atoms with Crippen LogP contribution in [-0.4, -0.2) is 32.7 Å². The summed E-state index contributed by atoms with van der Waals surface area (Å²) >= 11 is 18.4. The van der Waals surface area contributed by atoms with Crippen LogP contribution in [0.25, 0.3) is 17.4 Å². The molecular weight excluding hydrogens is 405 g/mol. The number of furan rings is 1. The van der Waals surface area contributed by atoms with Crippen molar-refractivity contribution in [2.75, 3.05) is 6.54 Å². The number of nitrogens with zero attached hydrogens (tertiary/aromatic N) is 1. The van der Waals surface area contributed by atoms with Crippen molar-refractivity contribution in [1.29, 1.82) is 0 Å². The van der Waals surface area contributed by atoms with E-state index in [4.69, 9.17) is 44.9 Å². The van der Waals surface area contributed by atoms with Crippen molar-refractivity contribution < 1.29 is 19.1 Å². The number of amides is 1. The highest BCUT2D eigenvalue weighted by atomic mass is 35.5. The second kappa shape index (κ2) is 7.21. The van der Waals surface area contributed by atoms with Crippen molar-refractivity contribution in [2.45, 2.75) is 0 Å². The molecule has 2 aromatic rings. The van der Waals surface area contributed by atoms with Crippen LogP contribution >= 0.6 is 47.2 Å². The summed E-state index contributed by atoms with van der Waals surface area (Å²) in [5.41, 5.74) is 0.559. The van der Waals surface area contributed by atoms with Crippen LogP contribution in [0.4, 0.5) is 0 Å². The maximum Gasteiger partial charge on any atom is 0.323 e. The minimum absolute atomic E-state index is 0.194. The maximum absolute atomic E-state index is 12.2. The van der Waals surface area contributed by atoms with E-state index in [2.05, 4.69) is 0 Å². The summed E-state index contributed by atoms with van der Waals surface area (Å²) in [4.78, 5) is 24.4. The lowest BCUT2D eigenvalue weighted by Crippen LogP contribution is -2.33. The summed E-state index contributed by atoms with van der Waals surface area (Å²) < 4.78 is 5.90. The van der Waals surface area contributed by atoms with Gasteiger partial charge in [0.15, 0.2) is 0 Å². The number of hydrogen-bond acceptors (Lipinski definition) is 5. The number of carboxylic acid groups (broad SMARTS) is 1. The van der Waals surface area contributed by atoms with Crippen LogP contribution in [0.3, 0.4) is 0 Å². The Bertz CT molecular complexity index is 902. The van der Waals surface area contributed by atoms with Crippen molar-refractivity contribution in [3.8, 4) is 11.3 Å². The molecule has 0 aliphatic carbocycles. The highest BCUT2D eigenvalue weighted by Crippen LogP contribution is 2.37. The second-order valence-electron chi connectivity index (χ2n) is 4.96. The molecule has 0 spiro atoms. The molecule has 0 unspecified atom stereocenters. The zero-order chi connectivity index (χ0) is 18.1. The van der Waals surface area contributed by atoms with Crippen molar-refractivity contribution in [1.82, 2.24) is 4.90 Å². The third kappa shape index (κ3) is 3.74. The average molecular weight is 414 g/mol. The first-order valence-corrected chi connectivity index (χ1v) is 8.86. The number of halogens is 2. The maximum atomic E-state index is 12.2. The van der Waals surface area contributed by atoms with Gasteiger partial charge in [-0.25, -0.2) is 0 Å². The van der Waals surface area contributed by atoms with Crippen molar-refractivity contribution in [3.63, 3.8) is 0 Å². The lowest BCUT2D eigenvalue weighted by atomic mass is 10.2. The van der Waals surface area contributed by atoms with Gasteiger partial charge in [-0.15, -0.1) is 0 Å². The molecule has 1 aliphatic heterocycles.